The largest absolute Gasteiger partial charge is 0.467 e. The Kier molecular flexibility index (Phi) is 3.30. The number of halogens is 1. The number of imidazole rings is 1. The highest BCUT2D eigenvalue weighted by Crippen LogP contribution is 2.20. The van der Waals surface area contributed by atoms with E-state index >= 15 is 0 Å². The lowest BCUT2D eigenvalue weighted by molar-refractivity contribution is 0.492. The maximum atomic E-state index is 5.87. The molecule has 3 aromatic rings. The molecule has 0 aliphatic carbocycles. The third-order valence-corrected chi connectivity index (χ3v) is 3.38. The first-order valence-electron chi connectivity index (χ1n) is 6.32. The van der Waals surface area contributed by atoms with Gasteiger partial charge in [-0.2, -0.15) is 0 Å². The van der Waals surface area contributed by atoms with E-state index in [1.54, 1.807) is 6.26 Å². The molecule has 0 fully saturated rings. The van der Waals surface area contributed by atoms with Crippen LogP contribution < -0.4 is 0 Å². The Hall–Kier alpha value is -1.74. The van der Waals surface area contributed by atoms with Crippen LogP contribution in [0.3, 0.4) is 0 Å². The summed E-state index contributed by atoms with van der Waals surface area (Å²) in [6.45, 7) is 2.77. The van der Waals surface area contributed by atoms with Gasteiger partial charge in [0.25, 0.3) is 0 Å². The van der Waals surface area contributed by atoms with E-state index in [2.05, 4.69) is 34.7 Å². The Morgan fingerprint density at radius 1 is 1.32 bits per heavy atom. The van der Waals surface area contributed by atoms with Crippen molar-refractivity contribution >= 4 is 22.6 Å². The molecule has 0 saturated carbocycles. The van der Waals surface area contributed by atoms with Crippen molar-refractivity contribution in [1.82, 2.24) is 9.55 Å². The van der Waals surface area contributed by atoms with Crippen molar-refractivity contribution in [2.75, 3.05) is 5.88 Å². The maximum absolute atomic E-state index is 5.87. The van der Waals surface area contributed by atoms with Gasteiger partial charge in [-0.15, -0.1) is 11.6 Å². The smallest absolute Gasteiger partial charge is 0.123 e. The fourth-order valence-corrected chi connectivity index (χ4v) is 2.47. The zero-order valence-corrected chi connectivity index (χ0v) is 11.5. The van der Waals surface area contributed by atoms with Crippen molar-refractivity contribution in [2.24, 2.45) is 0 Å². The van der Waals surface area contributed by atoms with E-state index in [0.717, 1.165) is 29.0 Å². The summed E-state index contributed by atoms with van der Waals surface area (Å²) in [4.78, 5) is 4.68. The number of rotatable bonds is 4. The maximum Gasteiger partial charge on any atom is 0.123 e. The van der Waals surface area contributed by atoms with E-state index in [-0.39, 0.29) is 0 Å². The monoisotopic (exact) mass is 274 g/mol. The molecule has 19 heavy (non-hydrogen) atoms. The lowest BCUT2D eigenvalue weighted by atomic mass is 10.2. The molecule has 0 unspecified atom stereocenters. The summed E-state index contributed by atoms with van der Waals surface area (Å²) in [5, 5.41) is 0. The van der Waals surface area contributed by atoms with Crippen molar-refractivity contribution in [3.05, 3.63) is 53.7 Å². The van der Waals surface area contributed by atoms with Crippen LogP contribution in [-0.2, 0) is 13.0 Å². The number of furan rings is 1. The highest BCUT2D eigenvalue weighted by atomic mass is 35.5. The Bertz CT molecular complexity index is 686. The molecule has 1 aromatic carbocycles. The molecule has 4 heteroatoms. The molecule has 2 heterocycles. The van der Waals surface area contributed by atoms with E-state index in [0.29, 0.717) is 12.4 Å². The average molecular weight is 275 g/mol. The van der Waals surface area contributed by atoms with Crippen LogP contribution >= 0.6 is 11.6 Å². The molecule has 0 aliphatic rings. The number of hydrogen-bond acceptors (Lipinski definition) is 2. The molecule has 0 bridgehead atoms. The summed E-state index contributed by atoms with van der Waals surface area (Å²) in [5.41, 5.74) is 3.36. The fourth-order valence-electron chi connectivity index (χ4n) is 2.30. The number of fused-ring (bicyclic) bond motifs is 1. The second-order valence-corrected chi connectivity index (χ2v) is 5.00. The first kappa shape index (κ1) is 12.3. The van der Waals surface area contributed by atoms with Crippen LogP contribution in [0.25, 0.3) is 11.0 Å². The molecule has 98 valence electrons. The molecular weight excluding hydrogens is 260 g/mol. The third-order valence-electron chi connectivity index (χ3n) is 3.19. The Morgan fingerprint density at radius 2 is 2.21 bits per heavy atom. The van der Waals surface area contributed by atoms with Crippen LogP contribution in [-0.4, -0.2) is 15.4 Å². The van der Waals surface area contributed by atoms with Crippen molar-refractivity contribution in [1.29, 1.82) is 0 Å². The highest BCUT2D eigenvalue weighted by Gasteiger charge is 2.11. The van der Waals surface area contributed by atoms with Crippen molar-refractivity contribution in [2.45, 2.75) is 19.9 Å². The zero-order chi connectivity index (χ0) is 13.2. The predicted molar refractivity (Wildman–Crippen MR) is 76.7 cm³/mol. The molecule has 0 aliphatic heterocycles. The van der Waals surface area contributed by atoms with Gasteiger partial charge in [0.1, 0.15) is 11.6 Å². The molecular formula is C15H15ClN2O. The van der Waals surface area contributed by atoms with Crippen molar-refractivity contribution < 1.29 is 4.42 Å². The lowest BCUT2D eigenvalue weighted by Gasteiger charge is -2.06. The number of hydrogen-bond donors (Lipinski definition) is 0. The minimum atomic E-state index is 0.570. The SMILES string of the molecule is Cc1ccc2c(c1)nc(CCCl)n2Cc1ccco1. The van der Waals surface area contributed by atoms with Gasteiger partial charge in [0, 0.05) is 12.3 Å². The number of aryl methyl sites for hydroxylation is 2. The fraction of sp³-hybridized carbons (Fsp3) is 0.267. The van der Waals surface area contributed by atoms with Gasteiger partial charge in [0.05, 0.1) is 23.8 Å². The summed E-state index contributed by atoms with van der Waals surface area (Å²) in [6, 6.07) is 10.2. The summed E-state index contributed by atoms with van der Waals surface area (Å²) in [7, 11) is 0. The van der Waals surface area contributed by atoms with E-state index in [1.807, 2.05) is 12.1 Å². The van der Waals surface area contributed by atoms with E-state index in [4.69, 9.17) is 16.0 Å². The van der Waals surface area contributed by atoms with Gasteiger partial charge >= 0.3 is 0 Å². The number of nitrogens with zero attached hydrogens (tertiary/aromatic N) is 2. The van der Waals surface area contributed by atoms with Crippen LogP contribution in [0.2, 0.25) is 0 Å². The Morgan fingerprint density at radius 3 is 2.95 bits per heavy atom. The van der Waals surface area contributed by atoms with Crippen LogP contribution in [0.1, 0.15) is 17.1 Å². The summed E-state index contributed by atoms with van der Waals surface area (Å²) in [5.74, 6) is 2.50. The second kappa shape index (κ2) is 5.10. The number of alkyl halides is 1. The molecule has 0 saturated heterocycles. The first-order valence-corrected chi connectivity index (χ1v) is 6.85. The van der Waals surface area contributed by atoms with Gasteiger partial charge < -0.3 is 8.98 Å². The van der Waals surface area contributed by atoms with Gasteiger partial charge in [-0.1, -0.05) is 6.07 Å². The van der Waals surface area contributed by atoms with Crippen LogP contribution in [0, 0.1) is 6.92 Å². The highest BCUT2D eigenvalue weighted by molar-refractivity contribution is 6.17. The number of benzene rings is 1. The van der Waals surface area contributed by atoms with E-state index in [9.17, 15) is 0 Å². The molecule has 0 spiro atoms. The van der Waals surface area contributed by atoms with Gasteiger partial charge in [0.2, 0.25) is 0 Å². The van der Waals surface area contributed by atoms with Gasteiger partial charge in [-0.05, 0) is 36.8 Å². The standard InChI is InChI=1S/C15H15ClN2O/c1-11-4-5-14-13(9-11)17-15(6-7-16)18(14)10-12-3-2-8-19-12/h2-5,8-9H,6-7,10H2,1H3. The third kappa shape index (κ3) is 2.38. The minimum absolute atomic E-state index is 0.570. The predicted octanol–water partition coefficient (Wildman–Crippen LogP) is 3.77. The second-order valence-electron chi connectivity index (χ2n) is 4.62. The Balaban J connectivity index is 2.10. The normalized spacial score (nSPS) is 11.3. The van der Waals surface area contributed by atoms with Crippen molar-refractivity contribution in [3.63, 3.8) is 0 Å². The lowest BCUT2D eigenvalue weighted by Crippen LogP contribution is -2.05. The molecule has 0 N–H and O–H groups in total. The summed E-state index contributed by atoms with van der Waals surface area (Å²) < 4.78 is 7.61. The topological polar surface area (TPSA) is 31.0 Å². The van der Waals surface area contributed by atoms with E-state index in [1.165, 1.54) is 5.56 Å². The Labute approximate surface area is 116 Å². The van der Waals surface area contributed by atoms with Crippen LogP contribution in [0.4, 0.5) is 0 Å². The van der Waals surface area contributed by atoms with Crippen LogP contribution in [0.15, 0.2) is 41.0 Å². The molecule has 0 amide bonds. The zero-order valence-electron chi connectivity index (χ0n) is 10.8. The molecule has 2 aromatic heterocycles. The summed E-state index contributed by atoms with van der Waals surface area (Å²) >= 11 is 5.87. The first-order chi connectivity index (χ1) is 9.28. The van der Waals surface area contributed by atoms with Gasteiger partial charge in [-0.3, -0.25) is 0 Å². The average Bonchev–Trinajstić information content (AvgIpc) is 2.99. The molecule has 3 nitrogen and oxygen atoms in total. The number of aromatic nitrogens is 2. The van der Waals surface area contributed by atoms with Gasteiger partial charge in [-0.25, -0.2) is 4.98 Å². The molecule has 0 atom stereocenters. The quantitative estimate of drug-likeness (QED) is 0.678. The minimum Gasteiger partial charge on any atom is -0.467 e. The van der Waals surface area contributed by atoms with E-state index < -0.39 is 0 Å². The van der Waals surface area contributed by atoms with Crippen LogP contribution in [0.5, 0.6) is 0 Å². The summed E-state index contributed by atoms with van der Waals surface area (Å²) in [6.07, 6.45) is 2.45. The molecule has 0 radical (unpaired) electrons. The van der Waals surface area contributed by atoms with Gasteiger partial charge in [0.15, 0.2) is 0 Å². The van der Waals surface area contributed by atoms with Crippen molar-refractivity contribution in [3.8, 4) is 0 Å². The molecule has 3 rings (SSSR count).